The second-order valence-electron chi connectivity index (χ2n) is 13.4. The summed E-state index contributed by atoms with van der Waals surface area (Å²) in [5.41, 5.74) is 10.4. The van der Waals surface area contributed by atoms with Crippen molar-refractivity contribution in [3.05, 3.63) is 164 Å². The van der Waals surface area contributed by atoms with Crippen LogP contribution >= 0.6 is 10.0 Å². The minimum absolute atomic E-state index is 0.938. The van der Waals surface area contributed by atoms with E-state index in [1.807, 2.05) is 0 Å². The molecular formula is C46H33NOS. The Morgan fingerprint density at radius 3 is 1.94 bits per heavy atom. The molecule has 0 saturated heterocycles. The quantitative estimate of drug-likeness (QED) is 0.189. The Kier molecular flexibility index (Phi) is 6.12. The maximum atomic E-state index is 6.64. The van der Waals surface area contributed by atoms with Crippen LogP contribution in [0, 0.1) is 0 Å². The highest BCUT2D eigenvalue weighted by Gasteiger charge is 2.38. The highest BCUT2D eigenvalue weighted by atomic mass is 32.3. The summed E-state index contributed by atoms with van der Waals surface area (Å²) in [5.74, 6) is 0. The molecule has 0 atom stereocenters. The molecule has 0 aliphatic carbocycles. The monoisotopic (exact) mass is 647 g/mol. The van der Waals surface area contributed by atoms with Gasteiger partial charge in [-0.15, -0.1) is 0 Å². The van der Waals surface area contributed by atoms with Crippen LogP contribution in [0.3, 0.4) is 0 Å². The Morgan fingerprint density at radius 2 is 1.14 bits per heavy atom. The summed E-state index contributed by atoms with van der Waals surface area (Å²) in [6.07, 6.45) is 4.88. The zero-order valence-corrected chi connectivity index (χ0v) is 28.2. The molecule has 1 aromatic heterocycles. The van der Waals surface area contributed by atoms with Crippen LogP contribution in [0.2, 0.25) is 0 Å². The Labute approximate surface area is 287 Å². The average molecular weight is 648 g/mol. The minimum atomic E-state index is -1.40. The smallest absolute Gasteiger partial charge is 0.144 e. The van der Waals surface area contributed by atoms with Crippen molar-refractivity contribution in [1.29, 1.82) is 0 Å². The van der Waals surface area contributed by atoms with Crippen LogP contribution in [0.25, 0.3) is 65.7 Å². The first-order valence-corrected chi connectivity index (χ1v) is 19.2. The summed E-state index contributed by atoms with van der Waals surface area (Å²) < 4.78 is 6.64. The van der Waals surface area contributed by atoms with Crippen molar-refractivity contribution >= 4 is 70.6 Å². The highest BCUT2D eigenvalue weighted by molar-refractivity contribution is 8.33. The minimum Gasteiger partial charge on any atom is -0.455 e. The largest absolute Gasteiger partial charge is 0.455 e. The number of para-hydroxylation sites is 1. The van der Waals surface area contributed by atoms with E-state index in [0.717, 1.165) is 22.5 Å². The number of hydrogen-bond donors (Lipinski definition) is 0. The predicted octanol–water partition coefficient (Wildman–Crippen LogP) is 13.5. The van der Waals surface area contributed by atoms with Crippen molar-refractivity contribution in [2.45, 2.75) is 9.79 Å². The molecule has 0 N–H and O–H groups in total. The van der Waals surface area contributed by atoms with Crippen LogP contribution in [0.5, 0.6) is 0 Å². The van der Waals surface area contributed by atoms with Gasteiger partial charge in [-0.1, -0.05) is 109 Å². The fourth-order valence-corrected chi connectivity index (χ4v) is 10.7. The third kappa shape index (κ3) is 4.29. The number of rotatable bonds is 4. The summed E-state index contributed by atoms with van der Waals surface area (Å²) in [5, 5.41) is 7.32. The topological polar surface area (TPSA) is 16.4 Å². The molecule has 1 aliphatic heterocycles. The molecule has 0 spiro atoms. The van der Waals surface area contributed by atoms with Gasteiger partial charge in [0.25, 0.3) is 0 Å². The molecule has 0 fully saturated rings. The van der Waals surface area contributed by atoms with Crippen molar-refractivity contribution < 1.29 is 4.42 Å². The van der Waals surface area contributed by atoms with Crippen LogP contribution in [-0.2, 0) is 0 Å². The molecule has 8 aromatic carbocycles. The predicted molar refractivity (Wildman–Crippen MR) is 210 cm³/mol. The summed E-state index contributed by atoms with van der Waals surface area (Å²) in [6, 6.07) is 59.7. The maximum Gasteiger partial charge on any atom is 0.144 e. The van der Waals surface area contributed by atoms with Gasteiger partial charge in [0, 0.05) is 43.1 Å². The summed E-state index contributed by atoms with van der Waals surface area (Å²) in [4.78, 5) is 5.24. The summed E-state index contributed by atoms with van der Waals surface area (Å²) in [6.45, 7) is 0. The number of hydrogen-bond acceptors (Lipinski definition) is 2. The molecule has 234 valence electrons. The van der Waals surface area contributed by atoms with Gasteiger partial charge in [-0.2, -0.15) is 10.0 Å². The fourth-order valence-electron chi connectivity index (χ4n) is 7.91. The van der Waals surface area contributed by atoms with Gasteiger partial charge in [-0.05, 0) is 99.8 Å². The zero-order valence-electron chi connectivity index (χ0n) is 27.4. The highest BCUT2D eigenvalue weighted by Crippen LogP contribution is 2.71. The van der Waals surface area contributed by atoms with Gasteiger partial charge in [0.2, 0.25) is 0 Å². The van der Waals surface area contributed by atoms with E-state index in [9.17, 15) is 0 Å². The van der Waals surface area contributed by atoms with E-state index in [1.165, 1.54) is 70.0 Å². The van der Waals surface area contributed by atoms with Crippen LogP contribution < -0.4 is 4.90 Å². The zero-order chi connectivity index (χ0) is 32.7. The molecule has 49 heavy (non-hydrogen) atoms. The fraction of sp³-hybridized carbons (Fsp3) is 0.0435. The van der Waals surface area contributed by atoms with Crippen LogP contribution in [0.15, 0.2) is 178 Å². The Hall–Kier alpha value is -5.77. The van der Waals surface area contributed by atoms with Gasteiger partial charge in [-0.25, -0.2) is 0 Å². The molecule has 10 rings (SSSR count). The van der Waals surface area contributed by atoms with E-state index in [4.69, 9.17) is 4.42 Å². The van der Waals surface area contributed by atoms with E-state index in [-0.39, 0.29) is 0 Å². The second kappa shape index (κ2) is 10.6. The SMILES string of the molecule is CS1(C)c2ccc3c(oc4ccccc43)c2-c2cccc(N(c3ccc(-c4ccc5ccccc5c4)cc3)c3ccc4ccccc4c3)c21. The molecule has 0 bridgehead atoms. The van der Waals surface area contributed by atoms with Crippen molar-refractivity contribution in [3.8, 4) is 22.3 Å². The van der Waals surface area contributed by atoms with E-state index in [1.54, 1.807) is 0 Å². The number of nitrogens with zero attached hydrogens (tertiary/aromatic N) is 1. The molecule has 9 aromatic rings. The summed E-state index contributed by atoms with van der Waals surface area (Å²) >= 11 is 0. The van der Waals surface area contributed by atoms with Crippen LogP contribution in [0.4, 0.5) is 17.1 Å². The van der Waals surface area contributed by atoms with Gasteiger partial charge < -0.3 is 9.32 Å². The number of anilines is 3. The first kappa shape index (κ1) is 28.3. The number of furan rings is 1. The first-order chi connectivity index (χ1) is 24.0. The number of fused-ring (bicyclic) bond motifs is 9. The van der Waals surface area contributed by atoms with Gasteiger partial charge in [-0.3, -0.25) is 0 Å². The molecule has 2 nitrogen and oxygen atoms in total. The number of benzene rings is 8. The molecular weight excluding hydrogens is 615 g/mol. The molecule has 3 heteroatoms. The third-order valence-electron chi connectivity index (χ3n) is 10.3. The van der Waals surface area contributed by atoms with Gasteiger partial charge in [0.1, 0.15) is 11.2 Å². The normalized spacial score (nSPS) is 13.9. The Bertz CT molecular complexity index is 2760. The second-order valence-corrected chi connectivity index (χ2v) is 16.9. The molecule has 0 amide bonds. The van der Waals surface area contributed by atoms with Crippen LogP contribution in [0.1, 0.15) is 0 Å². The third-order valence-corrected chi connectivity index (χ3v) is 13.2. The maximum absolute atomic E-state index is 6.64. The Morgan fingerprint density at radius 1 is 0.490 bits per heavy atom. The molecule has 0 radical (unpaired) electrons. The lowest BCUT2D eigenvalue weighted by molar-refractivity contribution is 0.669. The van der Waals surface area contributed by atoms with Crippen molar-refractivity contribution in [3.63, 3.8) is 0 Å². The summed E-state index contributed by atoms with van der Waals surface area (Å²) in [7, 11) is -1.40. The lowest BCUT2D eigenvalue weighted by Crippen LogP contribution is -2.12. The van der Waals surface area contributed by atoms with Gasteiger partial charge in [0.15, 0.2) is 0 Å². The van der Waals surface area contributed by atoms with E-state index in [2.05, 4.69) is 181 Å². The van der Waals surface area contributed by atoms with Crippen LogP contribution in [-0.4, -0.2) is 12.5 Å². The average Bonchev–Trinajstić information content (AvgIpc) is 3.64. The standard InChI is InChI=1S/C46H33NOS/c1-49(2)43-27-26-39-38-14-7-8-17-42(38)48-45(39)44(43)40-15-9-16-41(46(40)49)47(37-25-22-31-11-4-6-13-34(31)29-37)36-23-20-32(21-24-36)35-19-18-30-10-3-5-12-33(30)28-35/h3-29H,1-2H3. The lowest BCUT2D eigenvalue weighted by Gasteiger charge is -2.35. The first-order valence-electron chi connectivity index (χ1n) is 16.7. The molecule has 0 unspecified atom stereocenters. The van der Waals surface area contributed by atoms with E-state index in [0.29, 0.717) is 0 Å². The van der Waals surface area contributed by atoms with Crippen molar-refractivity contribution in [1.82, 2.24) is 0 Å². The van der Waals surface area contributed by atoms with E-state index >= 15 is 0 Å². The Balaban J connectivity index is 1.18. The van der Waals surface area contributed by atoms with Gasteiger partial charge in [0.05, 0.1) is 5.69 Å². The van der Waals surface area contributed by atoms with Crippen molar-refractivity contribution in [2.75, 3.05) is 17.4 Å². The lowest BCUT2D eigenvalue weighted by atomic mass is 10.00. The van der Waals surface area contributed by atoms with E-state index < -0.39 is 10.0 Å². The molecule has 2 heterocycles. The molecule has 1 aliphatic rings. The van der Waals surface area contributed by atoms with Crippen molar-refractivity contribution in [2.24, 2.45) is 0 Å². The molecule has 0 saturated carbocycles. The van der Waals surface area contributed by atoms with Gasteiger partial charge >= 0.3 is 0 Å².